The van der Waals surface area contributed by atoms with Gasteiger partial charge in [-0.15, -0.1) is 0 Å². The number of ketones is 1. The molecule has 0 heterocycles. The highest BCUT2D eigenvalue weighted by Gasteiger charge is 2.04. The van der Waals surface area contributed by atoms with Gasteiger partial charge < -0.3 is 4.74 Å². The number of hydrogen-bond acceptors (Lipinski definition) is 2. The van der Waals surface area contributed by atoms with Crippen molar-refractivity contribution >= 4 is 37.6 Å². The van der Waals surface area contributed by atoms with E-state index in [2.05, 4.69) is 44.0 Å². The molecule has 0 radical (unpaired) electrons. The Morgan fingerprint density at radius 1 is 0.900 bits per heavy atom. The number of carbonyl (C=O) groups is 1. The second-order valence-corrected chi connectivity index (χ2v) is 5.62. The number of carbonyl (C=O) groups excluding carboxylic acids is 1. The molecule has 0 aliphatic heterocycles. The van der Waals surface area contributed by atoms with Gasteiger partial charge in [-0.05, 0) is 48.4 Å². The van der Waals surface area contributed by atoms with Gasteiger partial charge in [0.15, 0.2) is 5.78 Å². The van der Waals surface area contributed by atoms with E-state index in [1.165, 1.54) is 5.56 Å². The molecular weight excluding hydrogens is 384 g/mol. The van der Waals surface area contributed by atoms with E-state index in [0.717, 1.165) is 23.2 Å². The zero-order chi connectivity index (χ0) is 14.4. The first kappa shape index (κ1) is 15.3. The number of Topliss-reactive ketones (excluding diaryl/α,β-unsaturated/α-hetero) is 1. The Kier molecular flexibility index (Phi) is 5.80. The first-order chi connectivity index (χ1) is 9.72. The van der Waals surface area contributed by atoms with Gasteiger partial charge in [0.05, 0.1) is 5.33 Å². The smallest absolute Gasteiger partial charge is 0.173 e. The Bertz CT molecular complexity index is 562. The van der Waals surface area contributed by atoms with Crippen LogP contribution in [0.5, 0.6) is 11.5 Å². The number of benzene rings is 2. The predicted molar refractivity (Wildman–Crippen MR) is 88.6 cm³/mol. The zero-order valence-electron chi connectivity index (χ0n) is 10.8. The van der Waals surface area contributed by atoms with Crippen LogP contribution in [0.3, 0.4) is 0 Å². The number of rotatable bonds is 6. The van der Waals surface area contributed by atoms with Crippen LogP contribution in [0.4, 0.5) is 0 Å². The van der Waals surface area contributed by atoms with Crippen LogP contribution < -0.4 is 4.74 Å². The third-order valence-electron chi connectivity index (χ3n) is 2.84. The number of hydrogen-bond donors (Lipinski definition) is 0. The lowest BCUT2D eigenvalue weighted by Crippen LogP contribution is -1.99. The lowest BCUT2D eigenvalue weighted by molar-refractivity contribution is 0.102. The Morgan fingerprint density at radius 2 is 1.45 bits per heavy atom. The quantitative estimate of drug-likeness (QED) is 0.506. The van der Waals surface area contributed by atoms with Gasteiger partial charge >= 0.3 is 0 Å². The molecule has 0 saturated carbocycles. The van der Waals surface area contributed by atoms with Crippen molar-refractivity contribution < 1.29 is 9.53 Å². The second kappa shape index (κ2) is 7.60. The molecule has 0 N–H and O–H groups in total. The normalized spacial score (nSPS) is 10.3. The molecule has 0 aromatic heterocycles. The van der Waals surface area contributed by atoms with Crippen LogP contribution in [0.1, 0.15) is 15.9 Å². The predicted octanol–water partition coefficient (Wildman–Crippen LogP) is 4.99. The molecule has 0 spiro atoms. The Labute approximate surface area is 135 Å². The molecule has 2 aromatic carbocycles. The Hall–Kier alpha value is -1.13. The van der Waals surface area contributed by atoms with Crippen molar-refractivity contribution in [3.05, 3.63) is 59.7 Å². The summed E-state index contributed by atoms with van der Waals surface area (Å²) in [7, 11) is 0. The van der Waals surface area contributed by atoms with Crippen molar-refractivity contribution in [2.45, 2.75) is 6.42 Å². The summed E-state index contributed by atoms with van der Waals surface area (Å²) in [6.07, 6.45) is 1.00. The van der Waals surface area contributed by atoms with E-state index in [0.29, 0.717) is 10.9 Å². The van der Waals surface area contributed by atoms with Crippen LogP contribution >= 0.6 is 31.9 Å². The summed E-state index contributed by atoms with van der Waals surface area (Å²) in [6.45, 7) is 0. The summed E-state index contributed by atoms with van der Waals surface area (Å²) in [5, 5.41) is 1.29. The van der Waals surface area contributed by atoms with Crippen molar-refractivity contribution in [1.82, 2.24) is 0 Å². The highest BCUT2D eigenvalue weighted by Crippen LogP contribution is 2.22. The lowest BCUT2D eigenvalue weighted by Gasteiger charge is -2.07. The van der Waals surface area contributed by atoms with Crippen molar-refractivity contribution in [3.8, 4) is 11.5 Å². The fourth-order valence-electron chi connectivity index (χ4n) is 1.76. The SMILES string of the molecule is O=C(CBr)c1ccc(Oc2ccc(CCBr)cc2)cc1. The third-order valence-corrected chi connectivity index (χ3v) is 3.75. The molecule has 2 nitrogen and oxygen atoms in total. The van der Waals surface area contributed by atoms with Gasteiger partial charge in [0.25, 0.3) is 0 Å². The maximum Gasteiger partial charge on any atom is 0.173 e. The molecule has 0 fully saturated rings. The fraction of sp³-hybridized carbons (Fsp3) is 0.188. The standard InChI is InChI=1S/C16H14Br2O2/c17-10-9-12-1-5-14(6-2-12)20-15-7-3-13(4-8-15)16(19)11-18/h1-8H,9-11H2. The minimum absolute atomic E-state index is 0.0654. The van der Waals surface area contributed by atoms with E-state index in [9.17, 15) is 4.79 Å². The number of halogens is 2. The highest BCUT2D eigenvalue weighted by atomic mass is 79.9. The molecule has 0 saturated heterocycles. The van der Waals surface area contributed by atoms with E-state index in [4.69, 9.17) is 4.74 Å². The molecule has 2 rings (SSSR count). The van der Waals surface area contributed by atoms with Gasteiger partial charge in [0.2, 0.25) is 0 Å². The van der Waals surface area contributed by atoms with Crippen molar-refractivity contribution in [2.75, 3.05) is 10.7 Å². The zero-order valence-corrected chi connectivity index (χ0v) is 14.0. The number of ether oxygens (including phenoxy) is 1. The van der Waals surface area contributed by atoms with E-state index in [1.807, 2.05) is 24.3 Å². The van der Waals surface area contributed by atoms with Crippen LogP contribution in [0.2, 0.25) is 0 Å². The summed E-state index contributed by atoms with van der Waals surface area (Å²) >= 11 is 6.58. The molecule has 0 amide bonds. The average molecular weight is 398 g/mol. The van der Waals surface area contributed by atoms with Crippen LogP contribution in [0, 0.1) is 0 Å². The largest absolute Gasteiger partial charge is 0.457 e. The minimum Gasteiger partial charge on any atom is -0.457 e. The molecule has 2 aromatic rings. The summed E-state index contributed by atoms with van der Waals surface area (Å²) in [5.41, 5.74) is 1.95. The topological polar surface area (TPSA) is 26.3 Å². The molecule has 104 valence electrons. The molecule has 0 aliphatic rings. The first-order valence-electron chi connectivity index (χ1n) is 6.25. The van der Waals surface area contributed by atoms with Crippen molar-refractivity contribution in [1.29, 1.82) is 0 Å². The average Bonchev–Trinajstić information content (AvgIpc) is 2.49. The summed E-state index contributed by atoms with van der Waals surface area (Å²) in [4.78, 5) is 11.5. The van der Waals surface area contributed by atoms with Crippen LogP contribution in [-0.2, 0) is 6.42 Å². The second-order valence-electron chi connectivity index (χ2n) is 4.27. The third kappa shape index (κ3) is 4.18. The molecule has 20 heavy (non-hydrogen) atoms. The van der Waals surface area contributed by atoms with Gasteiger partial charge in [-0.25, -0.2) is 0 Å². The van der Waals surface area contributed by atoms with E-state index >= 15 is 0 Å². The maximum atomic E-state index is 11.5. The maximum absolute atomic E-state index is 11.5. The highest BCUT2D eigenvalue weighted by molar-refractivity contribution is 9.09. The van der Waals surface area contributed by atoms with Crippen molar-refractivity contribution in [2.24, 2.45) is 0 Å². The van der Waals surface area contributed by atoms with Crippen LogP contribution in [0.25, 0.3) is 0 Å². The monoisotopic (exact) mass is 396 g/mol. The van der Waals surface area contributed by atoms with Crippen LogP contribution in [-0.4, -0.2) is 16.4 Å². The molecule has 0 unspecified atom stereocenters. The van der Waals surface area contributed by atoms with Crippen LogP contribution in [0.15, 0.2) is 48.5 Å². The van der Waals surface area contributed by atoms with E-state index in [1.54, 1.807) is 12.1 Å². The number of aryl methyl sites for hydroxylation is 1. The summed E-state index contributed by atoms with van der Waals surface area (Å²) in [6, 6.07) is 15.2. The van der Waals surface area contributed by atoms with Gasteiger partial charge in [-0.3, -0.25) is 4.79 Å². The van der Waals surface area contributed by atoms with Crippen molar-refractivity contribution in [3.63, 3.8) is 0 Å². The lowest BCUT2D eigenvalue weighted by atomic mass is 10.1. The molecule has 0 bridgehead atoms. The first-order valence-corrected chi connectivity index (χ1v) is 8.49. The summed E-state index contributed by atoms with van der Waals surface area (Å²) in [5.74, 6) is 1.59. The van der Waals surface area contributed by atoms with Gasteiger partial charge in [-0.2, -0.15) is 0 Å². The molecule has 0 aliphatic carbocycles. The van der Waals surface area contributed by atoms with E-state index < -0.39 is 0 Å². The molecular formula is C16H14Br2O2. The van der Waals surface area contributed by atoms with Gasteiger partial charge in [0.1, 0.15) is 11.5 Å². The van der Waals surface area contributed by atoms with Gasteiger partial charge in [-0.1, -0.05) is 44.0 Å². The minimum atomic E-state index is 0.0654. The van der Waals surface area contributed by atoms with E-state index in [-0.39, 0.29) is 5.78 Å². The molecule has 0 atom stereocenters. The fourth-order valence-corrected chi connectivity index (χ4v) is 2.54. The Balaban J connectivity index is 2.04. The van der Waals surface area contributed by atoms with Gasteiger partial charge in [0, 0.05) is 10.9 Å². The summed E-state index contributed by atoms with van der Waals surface area (Å²) < 4.78 is 5.75. The Morgan fingerprint density at radius 3 is 1.95 bits per heavy atom. The molecule has 4 heteroatoms. The number of alkyl halides is 2.